The molecule has 0 aliphatic rings. The molecule has 0 atom stereocenters. The van der Waals surface area contributed by atoms with Crippen LogP contribution in [0.4, 0.5) is 10.1 Å². The molecule has 3 N–H and O–H groups in total. The summed E-state index contributed by atoms with van der Waals surface area (Å²) in [6.07, 6.45) is 0. The van der Waals surface area contributed by atoms with Crippen LogP contribution in [0.25, 0.3) is 0 Å². The van der Waals surface area contributed by atoms with Crippen molar-refractivity contribution in [2.75, 3.05) is 5.73 Å². The summed E-state index contributed by atoms with van der Waals surface area (Å²) in [6, 6.07) is 8.39. The van der Waals surface area contributed by atoms with Crippen LogP contribution < -0.4 is 10.5 Å². The molecule has 0 aliphatic carbocycles. The lowest BCUT2D eigenvalue weighted by atomic mass is 10.2. The van der Waals surface area contributed by atoms with Crippen LogP contribution in [0.1, 0.15) is 15.9 Å². The van der Waals surface area contributed by atoms with Crippen molar-refractivity contribution < 1.29 is 19.0 Å². The van der Waals surface area contributed by atoms with Crippen molar-refractivity contribution in [3.8, 4) is 5.75 Å². The third kappa shape index (κ3) is 3.00. The zero-order chi connectivity index (χ0) is 14.7. The molecule has 0 fully saturated rings. The molecular weight excluding hydrogens is 285 g/mol. The number of hydrogen-bond donors (Lipinski definition) is 2. The number of carboxylic acids is 1. The predicted octanol–water partition coefficient (Wildman–Crippen LogP) is 3.34. The molecule has 104 valence electrons. The van der Waals surface area contributed by atoms with Crippen LogP contribution in [0.2, 0.25) is 5.02 Å². The molecule has 0 aromatic heterocycles. The maximum atomic E-state index is 13.6. The van der Waals surface area contributed by atoms with Gasteiger partial charge in [0.1, 0.15) is 18.2 Å². The average molecular weight is 296 g/mol. The summed E-state index contributed by atoms with van der Waals surface area (Å²) in [5.74, 6) is -1.28. The first kappa shape index (κ1) is 14.1. The van der Waals surface area contributed by atoms with Gasteiger partial charge >= 0.3 is 5.97 Å². The molecule has 2 aromatic carbocycles. The number of ether oxygens (including phenoxy) is 1. The highest BCUT2D eigenvalue weighted by Gasteiger charge is 2.10. The Morgan fingerprint density at radius 2 is 2.10 bits per heavy atom. The minimum Gasteiger partial charge on any atom is -0.487 e. The fourth-order valence-corrected chi connectivity index (χ4v) is 1.85. The zero-order valence-corrected chi connectivity index (χ0v) is 11.0. The second-order valence-electron chi connectivity index (χ2n) is 4.05. The Balaban J connectivity index is 2.17. The Morgan fingerprint density at radius 1 is 1.35 bits per heavy atom. The van der Waals surface area contributed by atoms with E-state index in [0.29, 0.717) is 0 Å². The van der Waals surface area contributed by atoms with E-state index >= 15 is 0 Å². The van der Waals surface area contributed by atoms with E-state index in [0.717, 1.165) is 0 Å². The Hall–Kier alpha value is -2.27. The highest BCUT2D eigenvalue weighted by Crippen LogP contribution is 2.26. The van der Waals surface area contributed by atoms with Crippen molar-refractivity contribution in [1.29, 1.82) is 0 Å². The molecule has 20 heavy (non-hydrogen) atoms. The minimum atomic E-state index is -1.08. The summed E-state index contributed by atoms with van der Waals surface area (Å²) in [6.45, 7) is -0.0951. The standard InChI is InChI=1S/C14H11ClFNO3/c15-10-2-1-3-11(16)9(10)7-20-13-5-4-8(14(18)19)6-12(13)17/h1-6H,7,17H2,(H,18,19). The van der Waals surface area contributed by atoms with Crippen LogP contribution in [-0.4, -0.2) is 11.1 Å². The number of nitrogen functional groups attached to an aromatic ring is 1. The molecule has 2 aromatic rings. The van der Waals surface area contributed by atoms with Crippen molar-refractivity contribution in [2.24, 2.45) is 0 Å². The van der Waals surface area contributed by atoms with Gasteiger partial charge in [-0.1, -0.05) is 17.7 Å². The second-order valence-corrected chi connectivity index (χ2v) is 4.45. The van der Waals surface area contributed by atoms with Gasteiger partial charge in [-0.25, -0.2) is 9.18 Å². The number of carbonyl (C=O) groups is 1. The van der Waals surface area contributed by atoms with E-state index in [1.165, 1.54) is 30.3 Å². The molecular formula is C14H11ClFNO3. The Morgan fingerprint density at radius 3 is 2.70 bits per heavy atom. The molecule has 0 spiro atoms. The summed E-state index contributed by atoms with van der Waals surface area (Å²) in [5, 5.41) is 9.07. The molecule has 0 amide bonds. The molecule has 0 radical (unpaired) electrons. The summed E-state index contributed by atoms with van der Waals surface area (Å²) in [4.78, 5) is 10.8. The van der Waals surface area contributed by atoms with Gasteiger partial charge in [-0.05, 0) is 30.3 Å². The third-order valence-electron chi connectivity index (χ3n) is 2.69. The molecule has 0 saturated heterocycles. The summed E-state index contributed by atoms with van der Waals surface area (Å²) >= 11 is 5.87. The van der Waals surface area contributed by atoms with Gasteiger partial charge in [-0.3, -0.25) is 0 Å². The van der Waals surface area contributed by atoms with Gasteiger partial charge in [-0.2, -0.15) is 0 Å². The van der Waals surface area contributed by atoms with Crippen LogP contribution in [0.3, 0.4) is 0 Å². The average Bonchev–Trinajstić information content (AvgIpc) is 2.39. The number of halogens is 2. The lowest BCUT2D eigenvalue weighted by molar-refractivity contribution is 0.0697. The fraction of sp³-hybridized carbons (Fsp3) is 0.0714. The van der Waals surface area contributed by atoms with Crippen LogP contribution in [0.15, 0.2) is 36.4 Å². The molecule has 0 bridgehead atoms. The van der Waals surface area contributed by atoms with Crippen molar-refractivity contribution >= 4 is 23.3 Å². The summed E-state index contributed by atoms with van der Waals surface area (Å²) < 4.78 is 18.9. The molecule has 0 saturated carbocycles. The first-order valence-electron chi connectivity index (χ1n) is 5.67. The van der Waals surface area contributed by atoms with Crippen LogP contribution in [0.5, 0.6) is 5.75 Å². The van der Waals surface area contributed by atoms with Gasteiger partial charge in [0.05, 0.1) is 16.3 Å². The maximum absolute atomic E-state index is 13.6. The van der Waals surface area contributed by atoms with Crippen LogP contribution >= 0.6 is 11.6 Å². The van der Waals surface area contributed by atoms with E-state index in [2.05, 4.69) is 0 Å². The first-order valence-corrected chi connectivity index (χ1v) is 6.05. The Bertz CT molecular complexity index is 641. The predicted molar refractivity (Wildman–Crippen MR) is 73.6 cm³/mol. The maximum Gasteiger partial charge on any atom is 0.335 e. The summed E-state index contributed by atoms with van der Waals surface area (Å²) in [7, 11) is 0. The van der Waals surface area contributed by atoms with E-state index in [1.807, 2.05) is 0 Å². The van der Waals surface area contributed by atoms with E-state index in [9.17, 15) is 9.18 Å². The smallest absolute Gasteiger partial charge is 0.335 e. The number of nitrogens with two attached hydrogens (primary N) is 1. The molecule has 4 nitrogen and oxygen atoms in total. The lowest BCUT2D eigenvalue weighted by Crippen LogP contribution is -2.03. The van der Waals surface area contributed by atoms with Crippen molar-refractivity contribution in [1.82, 2.24) is 0 Å². The topological polar surface area (TPSA) is 72.6 Å². The van der Waals surface area contributed by atoms with Crippen molar-refractivity contribution in [3.63, 3.8) is 0 Å². The minimum absolute atomic E-state index is 0.0544. The Kier molecular flexibility index (Phi) is 4.10. The molecule has 0 unspecified atom stereocenters. The lowest BCUT2D eigenvalue weighted by Gasteiger charge is -2.11. The van der Waals surface area contributed by atoms with Crippen LogP contribution in [-0.2, 0) is 6.61 Å². The van der Waals surface area contributed by atoms with Crippen molar-refractivity contribution in [3.05, 3.63) is 58.4 Å². The largest absolute Gasteiger partial charge is 0.487 e. The second kappa shape index (κ2) is 5.79. The number of benzene rings is 2. The molecule has 0 heterocycles. The monoisotopic (exact) mass is 295 g/mol. The van der Waals surface area contributed by atoms with Gasteiger partial charge < -0.3 is 15.6 Å². The fourth-order valence-electron chi connectivity index (χ4n) is 1.63. The van der Waals surface area contributed by atoms with Gasteiger partial charge in [0.25, 0.3) is 0 Å². The van der Waals surface area contributed by atoms with E-state index < -0.39 is 11.8 Å². The molecule has 0 aliphatic heterocycles. The third-order valence-corrected chi connectivity index (χ3v) is 3.04. The summed E-state index contributed by atoms with van der Waals surface area (Å²) in [5.41, 5.74) is 6.12. The molecule has 2 rings (SSSR count). The highest BCUT2D eigenvalue weighted by molar-refractivity contribution is 6.31. The van der Waals surface area contributed by atoms with E-state index in [-0.39, 0.29) is 34.2 Å². The first-order chi connectivity index (χ1) is 9.49. The van der Waals surface area contributed by atoms with Crippen LogP contribution in [0, 0.1) is 5.82 Å². The zero-order valence-electron chi connectivity index (χ0n) is 10.3. The number of hydrogen-bond acceptors (Lipinski definition) is 3. The number of aromatic carboxylic acids is 1. The Labute approximate surface area is 119 Å². The highest BCUT2D eigenvalue weighted by atomic mass is 35.5. The number of carboxylic acid groups (broad SMARTS) is 1. The number of anilines is 1. The normalized spacial score (nSPS) is 10.3. The number of rotatable bonds is 4. The SMILES string of the molecule is Nc1cc(C(=O)O)ccc1OCc1c(F)cccc1Cl. The van der Waals surface area contributed by atoms with Gasteiger partial charge in [-0.15, -0.1) is 0 Å². The van der Waals surface area contributed by atoms with Gasteiger partial charge in [0.2, 0.25) is 0 Å². The van der Waals surface area contributed by atoms with E-state index in [4.69, 9.17) is 27.2 Å². The van der Waals surface area contributed by atoms with Gasteiger partial charge in [0, 0.05) is 5.56 Å². The van der Waals surface area contributed by atoms with E-state index in [1.54, 1.807) is 6.07 Å². The quantitative estimate of drug-likeness (QED) is 0.849. The van der Waals surface area contributed by atoms with Gasteiger partial charge in [0.15, 0.2) is 0 Å². The molecule has 6 heteroatoms. The van der Waals surface area contributed by atoms with Crippen molar-refractivity contribution in [2.45, 2.75) is 6.61 Å².